The lowest BCUT2D eigenvalue weighted by Gasteiger charge is -2.35. The fraction of sp³-hybridized carbons (Fsp3) is 0.289. The van der Waals surface area contributed by atoms with Crippen molar-refractivity contribution in [3.8, 4) is 56.4 Å². The van der Waals surface area contributed by atoms with E-state index in [1.807, 2.05) is 211 Å². The molecule has 4 aromatic heterocycles. The molecule has 6 aromatic carbocycles. The summed E-state index contributed by atoms with van der Waals surface area (Å²) in [7, 11) is 0. The average molecular weight is 1300 g/mol. The van der Waals surface area contributed by atoms with E-state index in [4.69, 9.17) is 58.3 Å². The summed E-state index contributed by atoms with van der Waals surface area (Å²) >= 11 is 6.59. The van der Waals surface area contributed by atoms with Gasteiger partial charge in [0.1, 0.15) is 47.4 Å². The van der Waals surface area contributed by atoms with E-state index in [9.17, 15) is 9.59 Å². The SMILES string of the molecule is CC(C)(C)OC(=O)N1CCN(CCN)CC1.[C-]#[N+]c1cnc2oc(-c3ccc(OCc4ccccc4)cc3)c(-c3ccccc3)c2c1Cl.[C-]#[N+]c1cnc2oc(-c3ccc(OCc4ccccc4)cc3)c(-c3ccccc3)c2c1NCCN1CCN(C(=O)OC(C)(C)C)CC1. The largest absolute Gasteiger partial charge is 0.489 e. The second kappa shape index (κ2) is 31.6. The van der Waals surface area contributed by atoms with Crippen molar-refractivity contribution in [2.24, 2.45) is 5.73 Å². The summed E-state index contributed by atoms with van der Waals surface area (Å²) in [5, 5.41) is 5.32. The van der Waals surface area contributed by atoms with Crippen LogP contribution in [0.3, 0.4) is 0 Å². The van der Waals surface area contributed by atoms with Gasteiger partial charge in [0, 0.05) is 113 Å². The van der Waals surface area contributed by atoms with Crippen LogP contribution in [-0.2, 0) is 22.7 Å². The van der Waals surface area contributed by atoms with E-state index in [0.29, 0.717) is 89.8 Å². The van der Waals surface area contributed by atoms with E-state index in [-0.39, 0.29) is 12.2 Å². The van der Waals surface area contributed by atoms with Gasteiger partial charge in [-0.3, -0.25) is 9.80 Å². The molecule has 2 amide bonds. The van der Waals surface area contributed by atoms with Crippen LogP contribution in [0.2, 0.25) is 5.02 Å². The Kier molecular flexibility index (Phi) is 22.5. The van der Waals surface area contributed by atoms with Gasteiger partial charge in [0.15, 0.2) is 0 Å². The summed E-state index contributed by atoms with van der Waals surface area (Å²) < 4.78 is 35.4. The summed E-state index contributed by atoms with van der Waals surface area (Å²) in [5.74, 6) is 2.85. The molecule has 0 radical (unpaired) electrons. The number of hydrogen-bond acceptors (Lipinski definition) is 14. The molecule has 10 aromatic rings. The number of nitrogens with one attached hydrogen (secondary N) is 1. The zero-order valence-electron chi connectivity index (χ0n) is 54.5. The van der Waals surface area contributed by atoms with Crippen LogP contribution in [0.1, 0.15) is 52.7 Å². The van der Waals surface area contributed by atoms with Crippen LogP contribution in [0.5, 0.6) is 11.5 Å². The monoisotopic (exact) mass is 1290 g/mol. The first kappa shape index (κ1) is 67.7. The molecular weight excluding hydrogens is 1220 g/mol. The number of benzene rings is 6. The number of anilines is 1. The third-order valence-corrected chi connectivity index (χ3v) is 16.0. The summed E-state index contributed by atoms with van der Waals surface area (Å²) in [4.78, 5) is 48.5. The fourth-order valence-electron chi connectivity index (χ4n) is 11.0. The highest BCUT2D eigenvalue weighted by Gasteiger charge is 2.29. The number of fused-ring (bicyclic) bond motifs is 2. The van der Waals surface area contributed by atoms with Crippen molar-refractivity contribution in [3.63, 3.8) is 0 Å². The van der Waals surface area contributed by atoms with Gasteiger partial charge in [-0.2, -0.15) is 0 Å². The Morgan fingerprint density at radius 2 is 0.916 bits per heavy atom. The quantitative estimate of drug-likeness (QED) is 0.0871. The molecule has 2 aliphatic rings. The molecule has 19 heteroatoms. The number of nitrogens with two attached hydrogens (primary N) is 1. The molecule has 18 nitrogen and oxygen atoms in total. The summed E-state index contributed by atoms with van der Waals surface area (Å²) in [6, 6.07) is 55.6. The van der Waals surface area contributed by atoms with E-state index in [1.54, 1.807) is 16.0 Å². The van der Waals surface area contributed by atoms with Crippen molar-refractivity contribution in [2.45, 2.75) is 66.0 Å². The number of carbonyl (C=O) groups excluding carboxylic acids is 2. The number of amides is 2. The molecule has 0 bridgehead atoms. The van der Waals surface area contributed by atoms with Gasteiger partial charge < -0.3 is 48.6 Å². The van der Waals surface area contributed by atoms with Gasteiger partial charge in [0.2, 0.25) is 22.8 Å². The molecule has 6 heterocycles. The van der Waals surface area contributed by atoms with Crippen LogP contribution in [0, 0.1) is 13.1 Å². The van der Waals surface area contributed by atoms with E-state index >= 15 is 0 Å². The lowest BCUT2D eigenvalue weighted by Crippen LogP contribution is -2.50. The van der Waals surface area contributed by atoms with Crippen molar-refractivity contribution >= 4 is 63.0 Å². The van der Waals surface area contributed by atoms with E-state index < -0.39 is 11.2 Å². The van der Waals surface area contributed by atoms with Crippen LogP contribution < -0.4 is 20.5 Å². The van der Waals surface area contributed by atoms with Crippen LogP contribution in [-0.4, -0.2) is 131 Å². The molecular formula is C76H79ClN10O8. The number of pyridine rings is 2. The summed E-state index contributed by atoms with van der Waals surface area (Å²) in [6.45, 7) is 36.5. The van der Waals surface area contributed by atoms with Crippen LogP contribution >= 0.6 is 11.6 Å². The van der Waals surface area contributed by atoms with Crippen molar-refractivity contribution < 1.29 is 37.4 Å². The van der Waals surface area contributed by atoms with Crippen molar-refractivity contribution in [1.29, 1.82) is 0 Å². The Morgan fingerprint density at radius 3 is 1.33 bits per heavy atom. The topological polar surface area (TPSA) is 183 Å². The minimum atomic E-state index is -0.513. The Morgan fingerprint density at radius 1 is 0.526 bits per heavy atom. The highest BCUT2D eigenvalue weighted by Crippen LogP contribution is 2.48. The molecule has 0 spiro atoms. The molecule has 2 aliphatic heterocycles. The number of ether oxygens (including phenoxy) is 4. The van der Waals surface area contributed by atoms with Crippen LogP contribution in [0.25, 0.3) is 76.8 Å². The third-order valence-electron chi connectivity index (χ3n) is 15.7. The lowest BCUT2D eigenvalue weighted by molar-refractivity contribution is 0.0138. The summed E-state index contributed by atoms with van der Waals surface area (Å²) in [5.41, 5.74) is 14.4. The number of furan rings is 2. The third kappa shape index (κ3) is 17.9. The van der Waals surface area contributed by atoms with Gasteiger partial charge in [-0.25, -0.2) is 29.2 Å². The second-order valence-electron chi connectivity index (χ2n) is 24.8. The minimum absolute atomic E-state index is 0.208. The second-order valence-corrected chi connectivity index (χ2v) is 25.2. The summed E-state index contributed by atoms with van der Waals surface area (Å²) in [6.07, 6.45) is 2.54. The maximum Gasteiger partial charge on any atom is 0.410 e. The number of aromatic nitrogens is 2. The van der Waals surface area contributed by atoms with E-state index in [0.717, 1.165) is 114 Å². The molecule has 2 fully saturated rings. The Labute approximate surface area is 560 Å². The molecule has 0 atom stereocenters. The number of nitrogens with zero attached hydrogens (tertiary/aromatic N) is 8. The van der Waals surface area contributed by atoms with Gasteiger partial charge >= 0.3 is 12.2 Å². The maximum atomic E-state index is 12.5. The first-order valence-electron chi connectivity index (χ1n) is 31.8. The van der Waals surface area contributed by atoms with Crippen LogP contribution in [0.4, 0.5) is 26.7 Å². The zero-order chi connectivity index (χ0) is 66.9. The predicted octanol–water partition coefficient (Wildman–Crippen LogP) is 16.7. The number of hydrogen-bond donors (Lipinski definition) is 2. The first-order chi connectivity index (χ1) is 45.9. The average Bonchev–Trinajstić information content (AvgIpc) is 1.62. The molecule has 12 rings (SSSR count). The van der Waals surface area contributed by atoms with Gasteiger partial charge in [0.05, 0.1) is 34.6 Å². The molecule has 3 N–H and O–H groups in total. The first-order valence-corrected chi connectivity index (χ1v) is 32.1. The minimum Gasteiger partial charge on any atom is -0.489 e. The van der Waals surface area contributed by atoms with E-state index in [2.05, 4.69) is 34.8 Å². The van der Waals surface area contributed by atoms with E-state index in [1.165, 1.54) is 6.20 Å². The highest BCUT2D eigenvalue weighted by atomic mass is 35.5. The standard InChI is InChI=1S/C38H39N5O4.C27H17ClN2O2.C11H23N3O2/c1-38(2,3)47-37(44)43-23-21-42(22-24-43)20-19-40-34-31(39-4)25-41-36-33(34)32(28-13-9-6-10-14-28)35(46-36)29-15-17-30(18-16-29)45-26-27-11-7-5-8-12-27;1-29-22-16-30-27-24(25(22)28)23(19-10-6-3-7-11-19)26(32-27)20-12-14-21(15-13-20)31-17-18-8-4-2-5-9-18;1-11(2,3)16-10(15)14-8-6-13(5-4-12)7-9-14/h5-18,25H,19-24,26H2,1-3H3,(H,40,41);2-16H,17H2;4-9,12H2,1-3H3. The van der Waals surface area contributed by atoms with Crippen LogP contribution in [0.15, 0.2) is 191 Å². The zero-order valence-corrected chi connectivity index (χ0v) is 55.3. The molecule has 488 valence electrons. The predicted molar refractivity (Wildman–Crippen MR) is 375 cm³/mol. The van der Waals surface area contributed by atoms with Crippen molar-refractivity contribution in [1.82, 2.24) is 29.6 Å². The van der Waals surface area contributed by atoms with Crippen molar-refractivity contribution in [2.75, 3.05) is 83.9 Å². The Balaban J connectivity index is 0.000000176. The number of piperazine rings is 2. The highest BCUT2D eigenvalue weighted by molar-refractivity contribution is 6.39. The number of carbonyl (C=O) groups is 2. The van der Waals surface area contributed by atoms with Crippen molar-refractivity contribution in [3.05, 3.63) is 221 Å². The van der Waals surface area contributed by atoms with Gasteiger partial charge in [-0.15, -0.1) is 0 Å². The molecule has 0 saturated carbocycles. The number of rotatable bonds is 16. The normalized spacial score (nSPS) is 13.5. The fourth-order valence-corrected chi connectivity index (χ4v) is 11.2. The Hall–Kier alpha value is -10.2. The molecule has 0 unspecified atom stereocenters. The lowest BCUT2D eigenvalue weighted by atomic mass is 9.98. The maximum absolute atomic E-state index is 12.5. The smallest absolute Gasteiger partial charge is 0.410 e. The van der Waals surface area contributed by atoms with Gasteiger partial charge in [-0.05, 0) is 112 Å². The van der Waals surface area contributed by atoms with Gasteiger partial charge in [-0.1, -0.05) is 133 Å². The molecule has 95 heavy (non-hydrogen) atoms. The molecule has 2 saturated heterocycles. The number of halogens is 1. The van der Waals surface area contributed by atoms with Gasteiger partial charge in [0.25, 0.3) is 0 Å². The molecule has 0 aliphatic carbocycles. The Bertz CT molecular complexity index is 4240.